The van der Waals surface area contributed by atoms with Crippen LogP contribution in [0.2, 0.25) is 0 Å². The molecule has 3 aromatic carbocycles. The number of nitrogens with zero attached hydrogens (tertiary/aromatic N) is 2. The number of oxime groups is 1. The molecule has 0 bridgehead atoms. The second-order valence-corrected chi connectivity index (χ2v) is 7.06. The van der Waals surface area contributed by atoms with Crippen LogP contribution in [-0.2, 0) is 14.4 Å². The van der Waals surface area contributed by atoms with Gasteiger partial charge in [0.15, 0.2) is 11.5 Å². The minimum Gasteiger partial charge on any atom is -0.493 e. The molecule has 5 rings (SSSR count). The van der Waals surface area contributed by atoms with Gasteiger partial charge < -0.3 is 14.3 Å². The standard InChI is InChI=1S/C23H18N2O5/c1-28-17-11-10-14(12-18(17)29-2)20-19-21(30-24-20)23(27)25(22(19)26)16-9-5-7-13-6-3-4-8-15(13)16/h3-12,19,21H,1-2H3/t19-,21+/m1/s1. The van der Waals surface area contributed by atoms with E-state index in [4.69, 9.17) is 14.3 Å². The van der Waals surface area contributed by atoms with E-state index in [-0.39, 0.29) is 5.91 Å². The molecule has 0 radical (unpaired) electrons. The number of ether oxygens (including phenoxy) is 2. The number of hydrogen-bond donors (Lipinski definition) is 0. The van der Waals surface area contributed by atoms with Crippen molar-refractivity contribution in [3.05, 3.63) is 66.2 Å². The number of carbonyl (C=O) groups excluding carboxylic acids is 2. The second-order valence-electron chi connectivity index (χ2n) is 7.06. The van der Waals surface area contributed by atoms with Gasteiger partial charge in [0, 0.05) is 10.9 Å². The molecule has 1 saturated heterocycles. The quantitative estimate of drug-likeness (QED) is 0.627. The van der Waals surface area contributed by atoms with Crippen LogP contribution in [0.1, 0.15) is 5.56 Å². The minimum atomic E-state index is -0.973. The van der Waals surface area contributed by atoms with Gasteiger partial charge in [-0.25, -0.2) is 4.90 Å². The summed E-state index contributed by atoms with van der Waals surface area (Å²) in [5, 5.41) is 5.84. The third kappa shape index (κ3) is 2.55. The van der Waals surface area contributed by atoms with Gasteiger partial charge in [-0.05, 0) is 29.7 Å². The van der Waals surface area contributed by atoms with Crippen LogP contribution in [-0.4, -0.2) is 37.8 Å². The van der Waals surface area contributed by atoms with E-state index in [1.165, 1.54) is 12.0 Å². The molecular formula is C23H18N2O5. The van der Waals surface area contributed by atoms with Crippen molar-refractivity contribution >= 4 is 34.0 Å². The Labute approximate surface area is 172 Å². The van der Waals surface area contributed by atoms with Gasteiger partial charge in [0.05, 0.1) is 19.9 Å². The maximum atomic E-state index is 13.4. The SMILES string of the molecule is COc1ccc(C2=NO[C@@H]3C(=O)N(c4cccc5ccccc45)C(=O)[C@H]23)cc1OC. The first-order valence-corrected chi connectivity index (χ1v) is 9.45. The Morgan fingerprint density at radius 1 is 0.900 bits per heavy atom. The summed E-state index contributed by atoms with van der Waals surface area (Å²) >= 11 is 0. The van der Waals surface area contributed by atoms with Crippen LogP contribution in [0.4, 0.5) is 5.69 Å². The Morgan fingerprint density at radius 3 is 2.47 bits per heavy atom. The van der Waals surface area contributed by atoms with Crippen LogP contribution in [0.5, 0.6) is 11.5 Å². The van der Waals surface area contributed by atoms with Crippen LogP contribution in [0, 0.1) is 5.92 Å². The fourth-order valence-corrected chi connectivity index (χ4v) is 4.05. The molecule has 30 heavy (non-hydrogen) atoms. The maximum Gasteiger partial charge on any atom is 0.278 e. The monoisotopic (exact) mass is 402 g/mol. The molecule has 7 heteroatoms. The molecule has 3 aromatic rings. The number of amides is 2. The van der Waals surface area contributed by atoms with Gasteiger partial charge in [0.2, 0.25) is 12.0 Å². The van der Waals surface area contributed by atoms with E-state index in [9.17, 15) is 9.59 Å². The van der Waals surface area contributed by atoms with Crippen molar-refractivity contribution in [2.24, 2.45) is 11.1 Å². The van der Waals surface area contributed by atoms with Crippen LogP contribution in [0.3, 0.4) is 0 Å². The van der Waals surface area contributed by atoms with Crippen LogP contribution in [0.25, 0.3) is 10.8 Å². The number of fused-ring (bicyclic) bond motifs is 2. The molecule has 0 spiro atoms. The molecule has 0 aromatic heterocycles. The Bertz CT molecular complexity index is 1210. The largest absolute Gasteiger partial charge is 0.493 e. The van der Waals surface area contributed by atoms with Gasteiger partial charge in [-0.3, -0.25) is 9.59 Å². The van der Waals surface area contributed by atoms with Crippen LogP contribution >= 0.6 is 0 Å². The van der Waals surface area contributed by atoms with E-state index in [1.54, 1.807) is 31.4 Å². The van der Waals surface area contributed by atoms with Gasteiger partial charge in [-0.2, -0.15) is 0 Å². The van der Waals surface area contributed by atoms with Crippen molar-refractivity contribution in [1.82, 2.24) is 0 Å². The summed E-state index contributed by atoms with van der Waals surface area (Å²) in [5.74, 6) is -0.519. The fraction of sp³-hybridized carbons (Fsp3) is 0.174. The predicted molar refractivity (Wildman–Crippen MR) is 111 cm³/mol. The lowest BCUT2D eigenvalue weighted by Crippen LogP contribution is -2.33. The molecule has 1 fully saturated rings. The zero-order valence-electron chi connectivity index (χ0n) is 16.4. The van der Waals surface area contributed by atoms with E-state index in [0.29, 0.717) is 28.5 Å². The smallest absolute Gasteiger partial charge is 0.278 e. The molecule has 150 valence electrons. The lowest BCUT2D eigenvalue weighted by Gasteiger charge is -2.18. The fourth-order valence-electron chi connectivity index (χ4n) is 4.05. The summed E-state index contributed by atoms with van der Waals surface area (Å²) in [6.45, 7) is 0. The summed E-state index contributed by atoms with van der Waals surface area (Å²) in [6.07, 6.45) is -0.973. The number of anilines is 1. The maximum absolute atomic E-state index is 13.4. The number of imide groups is 1. The first kappa shape index (κ1) is 18.2. The molecule has 2 aliphatic rings. The molecule has 0 aliphatic carbocycles. The Balaban J connectivity index is 1.55. The highest BCUT2D eigenvalue weighted by atomic mass is 16.7. The summed E-state index contributed by atoms with van der Waals surface area (Å²) in [6, 6.07) is 18.4. The van der Waals surface area contributed by atoms with Gasteiger partial charge in [0.1, 0.15) is 11.6 Å². The molecule has 2 aliphatic heterocycles. The molecule has 2 heterocycles. The lowest BCUT2D eigenvalue weighted by atomic mass is 9.94. The van der Waals surface area contributed by atoms with E-state index in [0.717, 1.165) is 10.8 Å². The zero-order valence-corrected chi connectivity index (χ0v) is 16.4. The summed E-state index contributed by atoms with van der Waals surface area (Å²) in [4.78, 5) is 33.1. The molecule has 0 saturated carbocycles. The zero-order chi connectivity index (χ0) is 20.8. The number of carbonyl (C=O) groups is 2. The average Bonchev–Trinajstić information content (AvgIpc) is 3.33. The van der Waals surface area contributed by atoms with E-state index >= 15 is 0 Å². The van der Waals surface area contributed by atoms with Crippen molar-refractivity contribution in [2.75, 3.05) is 19.1 Å². The normalized spacial score (nSPS) is 20.2. The number of benzene rings is 3. The molecule has 2 atom stereocenters. The third-order valence-electron chi connectivity index (χ3n) is 5.50. The number of rotatable bonds is 4. The van der Waals surface area contributed by atoms with Gasteiger partial charge in [-0.1, -0.05) is 41.6 Å². The van der Waals surface area contributed by atoms with Crippen molar-refractivity contribution in [2.45, 2.75) is 6.10 Å². The van der Waals surface area contributed by atoms with Crippen molar-refractivity contribution in [1.29, 1.82) is 0 Å². The highest BCUT2D eigenvalue weighted by Crippen LogP contribution is 2.39. The Hall–Kier alpha value is -3.87. The van der Waals surface area contributed by atoms with Gasteiger partial charge in [-0.15, -0.1) is 0 Å². The summed E-state index contributed by atoms with van der Waals surface area (Å²) < 4.78 is 10.6. The minimum absolute atomic E-state index is 0.354. The van der Waals surface area contributed by atoms with Gasteiger partial charge >= 0.3 is 0 Å². The second kappa shape index (κ2) is 6.88. The van der Waals surface area contributed by atoms with Crippen molar-refractivity contribution in [3.63, 3.8) is 0 Å². The van der Waals surface area contributed by atoms with Gasteiger partial charge in [0.25, 0.3) is 5.91 Å². The topological polar surface area (TPSA) is 77.4 Å². The lowest BCUT2D eigenvalue weighted by molar-refractivity contribution is -0.126. The van der Waals surface area contributed by atoms with Crippen LogP contribution < -0.4 is 14.4 Å². The molecule has 2 amide bonds. The van der Waals surface area contributed by atoms with E-state index < -0.39 is 17.9 Å². The highest BCUT2D eigenvalue weighted by molar-refractivity contribution is 6.33. The van der Waals surface area contributed by atoms with E-state index in [2.05, 4.69) is 5.16 Å². The summed E-state index contributed by atoms with van der Waals surface area (Å²) in [5.41, 5.74) is 1.59. The first-order valence-electron chi connectivity index (χ1n) is 9.45. The molecule has 7 nitrogen and oxygen atoms in total. The predicted octanol–water partition coefficient (Wildman–Crippen LogP) is 3.15. The van der Waals surface area contributed by atoms with Crippen LogP contribution in [0.15, 0.2) is 65.8 Å². The molecule has 0 N–H and O–H groups in total. The summed E-state index contributed by atoms with van der Waals surface area (Å²) in [7, 11) is 3.08. The van der Waals surface area contributed by atoms with Crippen molar-refractivity contribution < 1.29 is 23.9 Å². The first-order chi connectivity index (χ1) is 14.6. The van der Waals surface area contributed by atoms with E-state index in [1.807, 2.05) is 36.4 Å². The van der Waals surface area contributed by atoms with Crippen molar-refractivity contribution in [3.8, 4) is 11.5 Å². The molecule has 0 unspecified atom stereocenters. The Kier molecular flexibility index (Phi) is 4.17. The highest BCUT2D eigenvalue weighted by Gasteiger charge is 2.56. The Morgan fingerprint density at radius 2 is 1.67 bits per heavy atom. The average molecular weight is 402 g/mol. The molecular weight excluding hydrogens is 384 g/mol. The third-order valence-corrected chi connectivity index (χ3v) is 5.50. The number of methoxy groups -OCH3 is 2. The number of hydrogen-bond acceptors (Lipinski definition) is 6.